The molecule has 27 heavy (non-hydrogen) atoms. The molecule has 0 aliphatic heterocycles. The minimum absolute atomic E-state index is 0.00295. The van der Waals surface area contributed by atoms with E-state index >= 15 is 0 Å². The Morgan fingerprint density at radius 3 is 2.63 bits per heavy atom. The monoisotopic (exact) mass is 365 g/mol. The highest BCUT2D eigenvalue weighted by Crippen LogP contribution is 2.15. The number of para-hydroxylation sites is 1. The maximum absolute atomic E-state index is 12.3. The number of nitrogens with one attached hydrogen (secondary N) is 1. The van der Waals surface area contributed by atoms with Gasteiger partial charge in [0.2, 0.25) is 5.91 Å². The van der Waals surface area contributed by atoms with Gasteiger partial charge < -0.3 is 9.88 Å². The van der Waals surface area contributed by atoms with Gasteiger partial charge in [0.25, 0.3) is 0 Å². The van der Waals surface area contributed by atoms with Crippen LogP contribution in [0.3, 0.4) is 0 Å². The van der Waals surface area contributed by atoms with Gasteiger partial charge in [-0.05, 0) is 32.4 Å². The van der Waals surface area contributed by atoms with E-state index in [1.807, 2.05) is 48.9 Å². The van der Waals surface area contributed by atoms with Crippen molar-refractivity contribution in [2.75, 3.05) is 0 Å². The predicted octanol–water partition coefficient (Wildman–Crippen LogP) is 2.59. The molecule has 0 radical (unpaired) electrons. The molecule has 0 aliphatic carbocycles. The van der Waals surface area contributed by atoms with Gasteiger partial charge in [-0.3, -0.25) is 14.3 Å². The first kappa shape index (κ1) is 18.6. The Morgan fingerprint density at radius 2 is 1.96 bits per heavy atom. The fraction of sp³-hybridized carbons (Fsp3) is 0.300. The van der Waals surface area contributed by atoms with Gasteiger partial charge in [-0.15, -0.1) is 0 Å². The van der Waals surface area contributed by atoms with E-state index in [9.17, 15) is 9.59 Å². The van der Waals surface area contributed by atoms with Gasteiger partial charge in [-0.1, -0.05) is 18.2 Å². The van der Waals surface area contributed by atoms with Crippen molar-refractivity contribution in [3.05, 3.63) is 65.5 Å². The summed E-state index contributed by atoms with van der Waals surface area (Å²) in [6, 6.07) is 7.87. The van der Waals surface area contributed by atoms with Crippen LogP contribution in [-0.2, 0) is 17.9 Å². The van der Waals surface area contributed by atoms with Crippen LogP contribution in [0.2, 0.25) is 0 Å². The summed E-state index contributed by atoms with van der Waals surface area (Å²) in [7, 11) is 0. The lowest BCUT2D eigenvalue weighted by atomic mass is 10.1. The van der Waals surface area contributed by atoms with Crippen molar-refractivity contribution < 1.29 is 9.59 Å². The van der Waals surface area contributed by atoms with E-state index in [0.717, 1.165) is 16.9 Å². The molecule has 0 saturated heterocycles. The summed E-state index contributed by atoms with van der Waals surface area (Å²) in [4.78, 5) is 28.0. The highest BCUT2D eigenvalue weighted by atomic mass is 16.1. The number of ketones is 1. The normalized spacial score (nSPS) is 10.8. The van der Waals surface area contributed by atoms with Gasteiger partial charge >= 0.3 is 0 Å². The maximum atomic E-state index is 12.3. The Bertz CT molecular complexity index is 957. The van der Waals surface area contributed by atoms with Crippen molar-refractivity contribution in [1.82, 2.24) is 24.6 Å². The second-order valence-corrected chi connectivity index (χ2v) is 6.45. The summed E-state index contributed by atoms with van der Waals surface area (Å²) < 4.78 is 3.64. The molecular weight excluding hydrogens is 342 g/mol. The number of hydrogen-bond donors (Lipinski definition) is 1. The fourth-order valence-electron chi connectivity index (χ4n) is 3.23. The quantitative estimate of drug-likeness (QED) is 0.653. The largest absolute Gasteiger partial charge is 0.352 e. The summed E-state index contributed by atoms with van der Waals surface area (Å²) in [5.74, 6) is -0.0656. The van der Waals surface area contributed by atoms with E-state index in [1.54, 1.807) is 17.2 Å². The lowest BCUT2D eigenvalue weighted by molar-refractivity contribution is -0.121. The van der Waals surface area contributed by atoms with Crippen LogP contribution in [0.4, 0.5) is 0 Å². The first-order valence-corrected chi connectivity index (χ1v) is 8.85. The van der Waals surface area contributed by atoms with Crippen LogP contribution >= 0.6 is 0 Å². The second kappa shape index (κ2) is 7.99. The third kappa shape index (κ3) is 4.13. The van der Waals surface area contributed by atoms with Gasteiger partial charge in [-0.2, -0.15) is 5.10 Å². The number of carbonyl (C=O) groups excluding carboxylic acids is 2. The molecule has 3 aromatic rings. The molecule has 2 aromatic heterocycles. The SMILES string of the molecule is CC(=O)c1c(C)nn(CCC(=O)NCc2ccccc2-n2ccnc2)c1C. The Kier molecular flexibility index (Phi) is 5.49. The highest BCUT2D eigenvalue weighted by molar-refractivity contribution is 5.96. The van der Waals surface area contributed by atoms with Crippen LogP contribution in [0.25, 0.3) is 5.69 Å². The van der Waals surface area contributed by atoms with E-state index in [2.05, 4.69) is 15.4 Å². The van der Waals surface area contributed by atoms with Crippen LogP contribution in [0.15, 0.2) is 43.0 Å². The van der Waals surface area contributed by atoms with Gasteiger partial charge in [0.1, 0.15) is 0 Å². The number of Topliss-reactive ketones (excluding diaryl/α,β-unsaturated/α-hetero) is 1. The third-order valence-corrected chi connectivity index (χ3v) is 4.53. The van der Waals surface area contributed by atoms with Gasteiger partial charge in [-0.25, -0.2) is 4.98 Å². The second-order valence-electron chi connectivity index (χ2n) is 6.45. The van der Waals surface area contributed by atoms with Crippen molar-refractivity contribution in [2.45, 2.75) is 40.3 Å². The van der Waals surface area contributed by atoms with Crippen LogP contribution in [0, 0.1) is 13.8 Å². The first-order chi connectivity index (χ1) is 13.0. The Balaban J connectivity index is 1.60. The fourth-order valence-corrected chi connectivity index (χ4v) is 3.23. The average Bonchev–Trinajstić information content (AvgIpc) is 3.26. The molecule has 7 nitrogen and oxygen atoms in total. The molecule has 2 heterocycles. The molecule has 0 aliphatic rings. The third-order valence-electron chi connectivity index (χ3n) is 4.53. The number of carbonyl (C=O) groups is 2. The van der Waals surface area contributed by atoms with Crippen molar-refractivity contribution in [2.24, 2.45) is 0 Å². The average molecular weight is 365 g/mol. The molecule has 1 amide bonds. The topological polar surface area (TPSA) is 81.8 Å². The number of aryl methyl sites for hydroxylation is 2. The molecule has 0 atom stereocenters. The molecular formula is C20H23N5O2. The molecule has 1 aromatic carbocycles. The number of nitrogens with zero attached hydrogens (tertiary/aromatic N) is 4. The van der Waals surface area contributed by atoms with E-state index < -0.39 is 0 Å². The minimum atomic E-state index is -0.0626. The molecule has 0 bridgehead atoms. The summed E-state index contributed by atoms with van der Waals surface area (Å²) in [6.45, 7) is 6.08. The Morgan fingerprint density at radius 1 is 1.19 bits per heavy atom. The van der Waals surface area contributed by atoms with Crippen LogP contribution < -0.4 is 5.32 Å². The summed E-state index contributed by atoms with van der Waals surface area (Å²) >= 11 is 0. The van der Waals surface area contributed by atoms with Crippen molar-refractivity contribution in [1.29, 1.82) is 0 Å². The molecule has 140 valence electrons. The summed E-state index contributed by atoms with van der Waals surface area (Å²) in [5, 5.41) is 7.33. The summed E-state index contributed by atoms with van der Waals surface area (Å²) in [5.41, 5.74) is 4.14. The van der Waals surface area contributed by atoms with Gasteiger partial charge in [0.15, 0.2) is 5.78 Å². The zero-order chi connectivity index (χ0) is 19.4. The highest BCUT2D eigenvalue weighted by Gasteiger charge is 2.15. The van der Waals surface area contributed by atoms with Crippen LogP contribution in [0.5, 0.6) is 0 Å². The van der Waals surface area contributed by atoms with Crippen molar-refractivity contribution in [3.63, 3.8) is 0 Å². The molecule has 0 fully saturated rings. The molecule has 0 unspecified atom stereocenters. The number of imidazole rings is 1. The maximum Gasteiger partial charge on any atom is 0.222 e. The zero-order valence-electron chi connectivity index (χ0n) is 15.8. The van der Waals surface area contributed by atoms with Gasteiger partial charge in [0.05, 0.1) is 23.3 Å². The van der Waals surface area contributed by atoms with Crippen LogP contribution in [-0.4, -0.2) is 31.0 Å². The Labute approximate surface area is 158 Å². The smallest absolute Gasteiger partial charge is 0.222 e. The van der Waals surface area contributed by atoms with Crippen LogP contribution in [0.1, 0.15) is 40.7 Å². The molecule has 7 heteroatoms. The van der Waals surface area contributed by atoms with Crippen molar-refractivity contribution >= 4 is 11.7 Å². The molecule has 0 saturated carbocycles. The number of hydrogen-bond acceptors (Lipinski definition) is 4. The molecule has 3 rings (SSSR count). The number of benzene rings is 1. The van der Waals surface area contributed by atoms with E-state index in [1.165, 1.54) is 6.92 Å². The van der Waals surface area contributed by atoms with Gasteiger partial charge in [0, 0.05) is 37.6 Å². The van der Waals surface area contributed by atoms with E-state index in [4.69, 9.17) is 0 Å². The number of rotatable bonds is 7. The predicted molar refractivity (Wildman–Crippen MR) is 102 cm³/mol. The zero-order valence-corrected chi connectivity index (χ0v) is 15.8. The standard InChI is InChI=1S/C20H23N5O2/c1-14-20(16(3)26)15(2)25(23-14)10-8-19(27)22-12-17-6-4-5-7-18(17)24-11-9-21-13-24/h4-7,9,11,13H,8,10,12H2,1-3H3,(H,22,27). The van der Waals surface area contributed by atoms with Crippen molar-refractivity contribution in [3.8, 4) is 5.69 Å². The molecule has 0 spiro atoms. The summed E-state index contributed by atoms with van der Waals surface area (Å²) in [6.07, 6.45) is 5.62. The lowest BCUT2D eigenvalue weighted by Gasteiger charge is -2.11. The number of amides is 1. The van der Waals surface area contributed by atoms with E-state index in [0.29, 0.717) is 30.8 Å². The Hall–Kier alpha value is -3.22. The lowest BCUT2D eigenvalue weighted by Crippen LogP contribution is -2.25. The minimum Gasteiger partial charge on any atom is -0.352 e. The first-order valence-electron chi connectivity index (χ1n) is 8.85. The number of aromatic nitrogens is 4. The molecule has 1 N–H and O–H groups in total. The van der Waals surface area contributed by atoms with E-state index in [-0.39, 0.29) is 11.7 Å².